The molecule has 1 N–H and O–H groups in total. The highest BCUT2D eigenvalue weighted by Crippen LogP contribution is 2.47. The Morgan fingerprint density at radius 1 is 1.13 bits per heavy atom. The molecule has 0 aliphatic heterocycles. The van der Waals surface area contributed by atoms with Crippen LogP contribution in [-0.4, -0.2) is 29.9 Å². The highest BCUT2D eigenvalue weighted by Gasteiger charge is 2.44. The molecule has 6 rings (SSSR count). The van der Waals surface area contributed by atoms with Crippen molar-refractivity contribution in [3.63, 3.8) is 0 Å². The Balaban J connectivity index is 0.00000308. The van der Waals surface area contributed by atoms with E-state index >= 15 is 0 Å². The lowest BCUT2D eigenvalue weighted by atomic mass is 9.67. The second-order valence-electron chi connectivity index (χ2n) is 11.0. The summed E-state index contributed by atoms with van der Waals surface area (Å²) in [5.74, 6) is 0.886. The van der Waals surface area contributed by atoms with Crippen LogP contribution in [0.1, 0.15) is 80.3 Å². The van der Waals surface area contributed by atoms with E-state index in [9.17, 15) is 15.2 Å². The van der Waals surface area contributed by atoms with Gasteiger partial charge in [-0.15, -0.1) is 0 Å². The number of hydrogen-bond acceptors (Lipinski definition) is 5. The summed E-state index contributed by atoms with van der Waals surface area (Å²) in [7, 11) is 0. The summed E-state index contributed by atoms with van der Waals surface area (Å²) in [6.07, 6.45) is 8.84. The minimum Gasteiger partial charge on any atom is -0.390 e. The van der Waals surface area contributed by atoms with E-state index < -0.39 is 5.60 Å². The van der Waals surface area contributed by atoms with Crippen LogP contribution in [0.2, 0.25) is 0 Å². The Morgan fingerprint density at radius 3 is 2.69 bits per heavy atom. The van der Waals surface area contributed by atoms with Crippen molar-refractivity contribution in [1.82, 2.24) is 19.2 Å². The molecular weight excluding hydrogens is 486 g/mol. The minimum absolute atomic E-state index is 0. The largest absolute Gasteiger partial charge is 0.390 e. The maximum atomic E-state index is 14.3. The molecule has 3 atom stereocenters. The molecule has 2 aromatic heterocycles. The topological polar surface area (TPSA) is 96.2 Å². The smallest absolute Gasteiger partial charge is 0.259 e. The van der Waals surface area contributed by atoms with Crippen LogP contribution in [0.5, 0.6) is 0 Å². The van der Waals surface area contributed by atoms with Crippen LogP contribution in [0.3, 0.4) is 0 Å². The van der Waals surface area contributed by atoms with Gasteiger partial charge in [-0.05, 0) is 67.2 Å². The van der Waals surface area contributed by atoms with E-state index in [1.54, 1.807) is 6.33 Å². The molecule has 7 heteroatoms. The van der Waals surface area contributed by atoms with E-state index in [2.05, 4.69) is 35.2 Å². The predicted molar refractivity (Wildman–Crippen MR) is 151 cm³/mol. The summed E-state index contributed by atoms with van der Waals surface area (Å²) in [5.41, 5.74) is 4.72. The lowest BCUT2D eigenvalue weighted by Gasteiger charge is -2.46. The second-order valence-corrected chi connectivity index (χ2v) is 11.0. The zero-order valence-corrected chi connectivity index (χ0v) is 22.5. The van der Waals surface area contributed by atoms with Gasteiger partial charge in [0.25, 0.3) is 5.56 Å². The Kier molecular flexibility index (Phi) is 7.42. The van der Waals surface area contributed by atoms with Crippen LogP contribution in [0, 0.1) is 24.7 Å². The first-order chi connectivity index (χ1) is 18.5. The average molecular weight is 522 g/mol. The van der Waals surface area contributed by atoms with Crippen LogP contribution in [-0.2, 0) is 12.8 Å². The van der Waals surface area contributed by atoms with Gasteiger partial charge in [-0.2, -0.15) is 15.3 Å². The van der Waals surface area contributed by atoms with E-state index in [1.807, 2.05) is 45.5 Å². The van der Waals surface area contributed by atoms with Crippen LogP contribution >= 0.6 is 0 Å². The van der Waals surface area contributed by atoms with Crippen molar-refractivity contribution in [3.05, 3.63) is 95.0 Å². The van der Waals surface area contributed by atoms with Gasteiger partial charge in [0.1, 0.15) is 6.33 Å². The fraction of sp³-hybridized carbons (Fsp3) is 0.406. The van der Waals surface area contributed by atoms with Crippen molar-refractivity contribution in [2.75, 3.05) is 0 Å². The first-order valence-electron chi connectivity index (χ1n) is 13.8. The third-order valence-electron chi connectivity index (χ3n) is 8.65. The van der Waals surface area contributed by atoms with Gasteiger partial charge in [-0.3, -0.25) is 9.36 Å². The van der Waals surface area contributed by atoms with Crippen molar-refractivity contribution < 1.29 is 5.11 Å². The van der Waals surface area contributed by atoms with Crippen LogP contribution < -0.4 is 5.56 Å². The van der Waals surface area contributed by atoms with E-state index in [-0.39, 0.29) is 24.9 Å². The Labute approximate surface area is 229 Å². The molecule has 1 unspecified atom stereocenters. The summed E-state index contributed by atoms with van der Waals surface area (Å²) in [5, 5.41) is 25.0. The fourth-order valence-electron chi connectivity index (χ4n) is 6.82. The van der Waals surface area contributed by atoms with Gasteiger partial charge in [0.2, 0.25) is 5.78 Å². The number of aliphatic hydroxyl groups is 1. The third kappa shape index (κ3) is 4.79. The van der Waals surface area contributed by atoms with Gasteiger partial charge in [0.05, 0.1) is 22.9 Å². The molecule has 2 aliphatic rings. The van der Waals surface area contributed by atoms with Crippen molar-refractivity contribution in [2.45, 2.75) is 76.4 Å². The van der Waals surface area contributed by atoms with Crippen molar-refractivity contribution in [3.8, 4) is 17.2 Å². The molecule has 0 amide bonds. The SMILES string of the molecule is CCCc1c(Cc2ccc(-c3ccccc3C#N)cc2)c(=O)n(C2CC[C@@]3(O)CCC[C@@H]2C3)c2ncnn12.[CH2]. The number of nitrogens with zero attached hydrogens (tertiary/aromatic N) is 5. The number of rotatable bonds is 6. The molecule has 39 heavy (non-hydrogen) atoms. The number of hydrogen-bond donors (Lipinski definition) is 1. The third-order valence-corrected chi connectivity index (χ3v) is 8.65. The van der Waals surface area contributed by atoms with E-state index in [0.717, 1.165) is 79.3 Å². The first-order valence-corrected chi connectivity index (χ1v) is 13.8. The monoisotopic (exact) mass is 521 g/mol. The molecule has 2 aliphatic carbocycles. The van der Waals surface area contributed by atoms with Gasteiger partial charge in [0, 0.05) is 18.0 Å². The van der Waals surface area contributed by atoms with Gasteiger partial charge in [-0.1, -0.05) is 69.7 Å². The highest BCUT2D eigenvalue weighted by molar-refractivity contribution is 5.70. The quantitative estimate of drug-likeness (QED) is 0.359. The normalized spacial score (nSPS) is 22.3. The molecule has 200 valence electrons. The maximum Gasteiger partial charge on any atom is 0.259 e. The van der Waals surface area contributed by atoms with Crippen LogP contribution in [0.25, 0.3) is 16.9 Å². The summed E-state index contributed by atoms with van der Waals surface area (Å²) < 4.78 is 3.77. The van der Waals surface area contributed by atoms with Crippen molar-refractivity contribution >= 4 is 5.78 Å². The van der Waals surface area contributed by atoms with E-state index in [1.165, 1.54) is 0 Å². The summed E-state index contributed by atoms with van der Waals surface area (Å²) in [6.45, 7) is 2.11. The Hall–Kier alpha value is -3.76. The molecule has 7 nitrogen and oxygen atoms in total. The predicted octanol–water partition coefficient (Wildman–Crippen LogP) is 5.56. The van der Waals surface area contributed by atoms with Gasteiger partial charge >= 0.3 is 0 Å². The molecule has 2 fully saturated rings. The molecule has 2 radical (unpaired) electrons. The van der Waals surface area contributed by atoms with Crippen molar-refractivity contribution in [2.24, 2.45) is 5.92 Å². The number of aromatic nitrogens is 4. The van der Waals surface area contributed by atoms with Crippen LogP contribution in [0.4, 0.5) is 0 Å². The Bertz CT molecular complexity index is 1580. The second kappa shape index (κ2) is 10.8. The van der Waals surface area contributed by atoms with Gasteiger partial charge < -0.3 is 5.11 Å². The van der Waals surface area contributed by atoms with Crippen LogP contribution in [0.15, 0.2) is 59.7 Å². The lowest BCUT2D eigenvalue weighted by molar-refractivity contribution is -0.0640. The zero-order chi connectivity index (χ0) is 26.3. The molecule has 2 bridgehead atoms. The molecular formula is C32H35N5O2. The summed E-state index contributed by atoms with van der Waals surface area (Å²) >= 11 is 0. The van der Waals surface area contributed by atoms with Gasteiger partial charge in [-0.25, -0.2) is 4.52 Å². The molecule has 0 saturated heterocycles. The van der Waals surface area contributed by atoms with E-state index in [4.69, 9.17) is 0 Å². The average Bonchev–Trinajstić information content (AvgIpc) is 3.41. The summed E-state index contributed by atoms with van der Waals surface area (Å²) in [6, 6.07) is 18.1. The van der Waals surface area contributed by atoms with E-state index in [0.29, 0.717) is 17.8 Å². The van der Waals surface area contributed by atoms with Gasteiger partial charge in [0.15, 0.2) is 0 Å². The number of benzene rings is 2. The molecule has 0 spiro atoms. The highest BCUT2D eigenvalue weighted by atomic mass is 16.3. The molecule has 2 aromatic carbocycles. The number of fused-ring (bicyclic) bond motifs is 3. The maximum absolute atomic E-state index is 14.3. The zero-order valence-electron chi connectivity index (χ0n) is 22.5. The molecule has 2 saturated carbocycles. The molecule has 4 aromatic rings. The summed E-state index contributed by atoms with van der Waals surface area (Å²) in [4.78, 5) is 18.8. The number of nitriles is 1. The molecule has 2 heterocycles. The number of aryl methyl sites for hydroxylation is 1. The first kappa shape index (κ1) is 26.8. The fourth-order valence-corrected chi connectivity index (χ4v) is 6.82. The minimum atomic E-state index is -0.579. The standard InChI is InChI=1S/C31H33N5O2.CH2/c1-2-6-28-26(17-21-10-12-22(13-11-21)25-9-4-3-7-24(25)19-32)29(37)35(30-33-20-34-36(28)30)27-14-16-31(38)15-5-8-23(27)18-31;/h3-4,7,9-13,20,23,27,38H,2,5-6,8,14-18H2,1H3;1H2/t23-,27?,31+;/m1./s1. The Morgan fingerprint density at radius 2 is 1.92 bits per heavy atom. The van der Waals surface area contributed by atoms with Crippen molar-refractivity contribution in [1.29, 1.82) is 5.26 Å². The lowest BCUT2D eigenvalue weighted by Crippen LogP contribution is -2.46.